The lowest BCUT2D eigenvalue weighted by Gasteiger charge is -2.22. The molecule has 0 aliphatic heterocycles. The highest BCUT2D eigenvalue weighted by atomic mass is 32.2. The van der Waals surface area contributed by atoms with Crippen molar-refractivity contribution in [2.24, 2.45) is 5.92 Å². The van der Waals surface area contributed by atoms with Crippen LogP contribution >= 0.6 is 0 Å². The Kier molecular flexibility index (Phi) is 5.16. The minimum atomic E-state index is -3.40. The quantitative estimate of drug-likeness (QED) is 0.721. The molecule has 0 rings (SSSR count). The van der Waals surface area contributed by atoms with E-state index in [0.717, 1.165) is 0 Å². The van der Waals surface area contributed by atoms with Crippen molar-refractivity contribution in [3.05, 3.63) is 12.2 Å². The van der Waals surface area contributed by atoms with E-state index in [9.17, 15) is 13.5 Å². The highest BCUT2D eigenvalue weighted by Crippen LogP contribution is 2.15. The van der Waals surface area contributed by atoms with E-state index in [0.29, 0.717) is 5.57 Å². The Hall–Kier alpha value is -0.390. The molecule has 2 N–H and O–H groups in total. The number of sulfonamides is 1. The molecule has 4 nitrogen and oxygen atoms in total. The zero-order valence-corrected chi connectivity index (χ0v) is 11.6. The first-order valence-electron chi connectivity index (χ1n) is 5.35. The van der Waals surface area contributed by atoms with Crippen molar-refractivity contribution >= 4 is 10.0 Å². The van der Waals surface area contributed by atoms with Crippen LogP contribution in [0.4, 0.5) is 0 Å². The molecule has 0 saturated carbocycles. The molecule has 0 aromatic rings. The summed E-state index contributed by atoms with van der Waals surface area (Å²) in [5.74, 6) is 0.133. The fraction of sp³-hybridized carbons (Fsp3) is 0.818. The van der Waals surface area contributed by atoms with Crippen LogP contribution in [0.5, 0.6) is 0 Å². The van der Waals surface area contributed by atoms with Gasteiger partial charge < -0.3 is 5.11 Å². The van der Waals surface area contributed by atoms with Crippen LogP contribution in [0.25, 0.3) is 0 Å². The molecule has 16 heavy (non-hydrogen) atoms. The molecule has 0 spiro atoms. The fourth-order valence-electron chi connectivity index (χ4n) is 0.921. The van der Waals surface area contributed by atoms with Crippen molar-refractivity contribution < 1.29 is 13.5 Å². The molecular weight excluding hydrogens is 226 g/mol. The van der Waals surface area contributed by atoms with Crippen molar-refractivity contribution in [3.63, 3.8) is 0 Å². The summed E-state index contributed by atoms with van der Waals surface area (Å²) in [5, 5.41) is 9.69. The molecule has 5 heteroatoms. The summed E-state index contributed by atoms with van der Waals surface area (Å²) in [4.78, 5) is 0. The Labute approximate surface area is 98.8 Å². The van der Waals surface area contributed by atoms with Crippen LogP contribution in [0.3, 0.4) is 0 Å². The lowest BCUT2D eigenvalue weighted by molar-refractivity contribution is 0.204. The molecule has 96 valence electrons. The molecule has 1 atom stereocenters. The second-order valence-corrected chi connectivity index (χ2v) is 7.73. The third kappa shape index (κ3) is 4.23. The first-order chi connectivity index (χ1) is 6.99. The minimum Gasteiger partial charge on any atom is -0.387 e. The fourth-order valence-corrected chi connectivity index (χ4v) is 1.73. The maximum absolute atomic E-state index is 11.7. The van der Waals surface area contributed by atoms with E-state index < -0.39 is 20.9 Å². The van der Waals surface area contributed by atoms with Gasteiger partial charge in [0.25, 0.3) is 0 Å². The summed E-state index contributed by atoms with van der Waals surface area (Å²) in [6.45, 7) is 12.4. The molecule has 0 fully saturated rings. The molecular formula is C11H23NO3S. The monoisotopic (exact) mass is 249 g/mol. The van der Waals surface area contributed by atoms with Gasteiger partial charge in [0, 0.05) is 6.54 Å². The van der Waals surface area contributed by atoms with Gasteiger partial charge in [0.15, 0.2) is 0 Å². The number of aliphatic hydroxyl groups excluding tert-OH is 1. The van der Waals surface area contributed by atoms with E-state index >= 15 is 0 Å². The maximum atomic E-state index is 11.7. The third-order valence-corrected chi connectivity index (χ3v) is 4.60. The van der Waals surface area contributed by atoms with E-state index in [2.05, 4.69) is 11.3 Å². The lowest BCUT2D eigenvalue weighted by Crippen LogP contribution is -2.43. The van der Waals surface area contributed by atoms with Gasteiger partial charge >= 0.3 is 0 Å². The molecule has 0 aliphatic rings. The number of rotatable bonds is 5. The van der Waals surface area contributed by atoms with Gasteiger partial charge in [-0.25, -0.2) is 13.1 Å². The average molecular weight is 249 g/mol. The lowest BCUT2D eigenvalue weighted by atomic mass is 10.00. The summed E-state index contributed by atoms with van der Waals surface area (Å²) >= 11 is 0. The molecule has 0 unspecified atom stereocenters. The van der Waals surface area contributed by atoms with Crippen LogP contribution in [-0.4, -0.2) is 30.9 Å². The summed E-state index contributed by atoms with van der Waals surface area (Å²) in [6.07, 6.45) is -0.836. The molecule has 0 aliphatic carbocycles. The molecule has 0 bridgehead atoms. The van der Waals surface area contributed by atoms with Crippen LogP contribution in [0.15, 0.2) is 12.2 Å². The molecule has 0 radical (unpaired) electrons. The van der Waals surface area contributed by atoms with Gasteiger partial charge in [-0.05, 0) is 32.3 Å². The summed E-state index contributed by atoms with van der Waals surface area (Å²) < 4.78 is 24.9. The highest BCUT2D eigenvalue weighted by Gasteiger charge is 2.29. The SMILES string of the molecule is C=C(C(C)C)[C@@H](O)CNS(=O)(=O)C(C)(C)C. The van der Waals surface area contributed by atoms with Crippen LogP contribution in [0, 0.1) is 5.92 Å². The second kappa shape index (κ2) is 5.29. The Balaban J connectivity index is 4.44. The van der Waals surface area contributed by atoms with Gasteiger partial charge in [-0.2, -0.15) is 0 Å². The summed E-state index contributed by atoms with van der Waals surface area (Å²) in [6, 6.07) is 0. The molecule has 0 aromatic carbocycles. The minimum absolute atomic E-state index is 0.0172. The van der Waals surface area contributed by atoms with Crippen molar-refractivity contribution in [2.75, 3.05) is 6.54 Å². The molecule has 0 aromatic heterocycles. The van der Waals surface area contributed by atoms with E-state index in [1.54, 1.807) is 20.8 Å². The van der Waals surface area contributed by atoms with Crippen LogP contribution in [-0.2, 0) is 10.0 Å². The Morgan fingerprint density at radius 3 is 2.12 bits per heavy atom. The zero-order chi connectivity index (χ0) is 13.1. The number of nitrogens with one attached hydrogen (secondary N) is 1. The Morgan fingerprint density at radius 1 is 1.38 bits per heavy atom. The van der Waals surface area contributed by atoms with E-state index in [4.69, 9.17) is 0 Å². The van der Waals surface area contributed by atoms with Gasteiger partial charge in [0.1, 0.15) is 0 Å². The topological polar surface area (TPSA) is 66.4 Å². The Bertz CT molecular complexity index is 339. The standard InChI is InChI=1S/C11H23NO3S/c1-8(2)9(3)10(13)7-12-16(14,15)11(4,5)6/h8,10,12-13H,3,7H2,1-2,4-6H3/t10-/m0/s1. The number of hydrogen-bond donors (Lipinski definition) is 2. The molecule has 0 amide bonds. The predicted molar refractivity (Wildman–Crippen MR) is 66.7 cm³/mol. The maximum Gasteiger partial charge on any atom is 0.216 e. The van der Waals surface area contributed by atoms with E-state index in [1.165, 1.54) is 0 Å². The van der Waals surface area contributed by atoms with Crippen molar-refractivity contribution in [2.45, 2.75) is 45.5 Å². The largest absolute Gasteiger partial charge is 0.387 e. The number of hydrogen-bond acceptors (Lipinski definition) is 3. The van der Waals surface area contributed by atoms with Crippen LogP contribution in [0.2, 0.25) is 0 Å². The van der Waals surface area contributed by atoms with E-state index in [1.807, 2.05) is 13.8 Å². The number of aliphatic hydroxyl groups is 1. The summed E-state index contributed by atoms with van der Waals surface area (Å²) in [5.41, 5.74) is 0.636. The van der Waals surface area contributed by atoms with Gasteiger partial charge in [-0.3, -0.25) is 0 Å². The molecule has 0 heterocycles. The van der Waals surface area contributed by atoms with Gasteiger partial charge in [-0.1, -0.05) is 20.4 Å². The normalized spacial score (nSPS) is 15.2. The highest BCUT2D eigenvalue weighted by molar-refractivity contribution is 7.90. The first kappa shape index (κ1) is 15.6. The third-order valence-electron chi connectivity index (χ3n) is 2.44. The predicted octanol–water partition coefficient (Wildman–Crippen LogP) is 1.28. The van der Waals surface area contributed by atoms with Gasteiger partial charge in [0.2, 0.25) is 10.0 Å². The summed E-state index contributed by atoms with van der Waals surface area (Å²) in [7, 11) is -3.40. The second-order valence-electron chi connectivity index (χ2n) is 5.21. The van der Waals surface area contributed by atoms with Crippen LogP contribution < -0.4 is 4.72 Å². The van der Waals surface area contributed by atoms with Crippen molar-refractivity contribution in [1.82, 2.24) is 4.72 Å². The molecule has 0 saturated heterocycles. The first-order valence-corrected chi connectivity index (χ1v) is 6.83. The van der Waals surface area contributed by atoms with Gasteiger partial charge in [-0.15, -0.1) is 0 Å². The van der Waals surface area contributed by atoms with Gasteiger partial charge in [0.05, 0.1) is 10.9 Å². The van der Waals surface area contributed by atoms with Crippen LogP contribution in [0.1, 0.15) is 34.6 Å². The zero-order valence-electron chi connectivity index (χ0n) is 10.7. The van der Waals surface area contributed by atoms with Crippen molar-refractivity contribution in [1.29, 1.82) is 0 Å². The Morgan fingerprint density at radius 2 is 1.81 bits per heavy atom. The van der Waals surface area contributed by atoms with Crippen molar-refractivity contribution in [3.8, 4) is 0 Å². The smallest absolute Gasteiger partial charge is 0.216 e. The van der Waals surface area contributed by atoms with E-state index in [-0.39, 0.29) is 12.5 Å². The average Bonchev–Trinajstić information content (AvgIpc) is 2.11.